The summed E-state index contributed by atoms with van der Waals surface area (Å²) < 4.78 is 42.7. The van der Waals surface area contributed by atoms with Crippen molar-refractivity contribution in [2.24, 2.45) is 0 Å². The van der Waals surface area contributed by atoms with Gasteiger partial charge in [0.15, 0.2) is 0 Å². The van der Waals surface area contributed by atoms with E-state index in [1.807, 2.05) is 0 Å². The predicted octanol–water partition coefficient (Wildman–Crippen LogP) is 3.54. The molecule has 0 aliphatic carbocycles. The van der Waals surface area contributed by atoms with Gasteiger partial charge in [-0.05, 0) is 24.6 Å². The highest BCUT2D eigenvalue weighted by Gasteiger charge is 2.30. The van der Waals surface area contributed by atoms with E-state index in [0.717, 1.165) is 12.1 Å². The van der Waals surface area contributed by atoms with Gasteiger partial charge in [-0.3, -0.25) is 0 Å². The zero-order chi connectivity index (χ0) is 13.9. The van der Waals surface area contributed by atoms with E-state index in [0.29, 0.717) is 17.9 Å². The van der Waals surface area contributed by atoms with Crippen LogP contribution in [0.3, 0.4) is 0 Å². The number of alkyl halides is 3. The van der Waals surface area contributed by atoms with Crippen molar-refractivity contribution in [2.45, 2.75) is 25.7 Å². The summed E-state index contributed by atoms with van der Waals surface area (Å²) in [5.74, 6) is 0.638. The number of hydrogen-bond acceptors (Lipinski definition) is 3. The van der Waals surface area contributed by atoms with Crippen LogP contribution in [-0.4, -0.2) is 5.16 Å². The van der Waals surface area contributed by atoms with E-state index in [4.69, 9.17) is 4.52 Å². The number of halogens is 3. The zero-order valence-corrected chi connectivity index (χ0v) is 10.2. The smallest absolute Gasteiger partial charge is 0.360 e. The highest BCUT2D eigenvalue weighted by molar-refractivity contribution is 5.27. The van der Waals surface area contributed by atoms with Crippen molar-refractivity contribution in [3.05, 3.63) is 53.4 Å². The zero-order valence-electron chi connectivity index (χ0n) is 10.2. The van der Waals surface area contributed by atoms with Crippen LogP contribution < -0.4 is 5.32 Å². The second kappa shape index (κ2) is 5.44. The molecular weight excluding hydrogens is 257 g/mol. The molecule has 0 amide bonds. The second-order valence-corrected chi connectivity index (χ2v) is 4.20. The molecule has 6 heteroatoms. The van der Waals surface area contributed by atoms with Crippen molar-refractivity contribution >= 4 is 0 Å². The van der Waals surface area contributed by atoms with E-state index in [-0.39, 0.29) is 6.04 Å². The quantitative estimate of drug-likeness (QED) is 0.923. The molecule has 0 saturated carbocycles. The Morgan fingerprint density at radius 2 is 2.11 bits per heavy atom. The molecule has 0 aliphatic rings. The third kappa shape index (κ3) is 3.57. The van der Waals surface area contributed by atoms with Crippen molar-refractivity contribution < 1.29 is 17.7 Å². The first-order valence-corrected chi connectivity index (χ1v) is 5.77. The molecule has 1 heterocycles. The number of aromatic nitrogens is 1. The van der Waals surface area contributed by atoms with Gasteiger partial charge in [0.1, 0.15) is 5.76 Å². The highest BCUT2D eigenvalue weighted by Crippen LogP contribution is 2.30. The first-order valence-electron chi connectivity index (χ1n) is 5.77. The van der Waals surface area contributed by atoms with Crippen LogP contribution in [-0.2, 0) is 12.7 Å². The fourth-order valence-electron chi connectivity index (χ4n) is 1.69. The summed E-state index contributed by atoms with van der Waals surface area (Å²) in [4.78, 5) is 0. The number of nitrogens with zero attached hydrogens (tertiary/aromatic N) is 1. The van der Waals surface area contributed by atoms with Gasteiger partial charge in [-0.15, -0.1) is 0 Å². The number of benzene rings is 1. The third-order valence-electron chi connectivity index (χ3n) is 2.79. The molecule has 0 spiro atoms. The van der Waals surface area contributed by atoms with Crippen LogP contribution >= 0.6 is 0 Å². The molecule has 0 bridgehead atoms. The highest BCUT2D eigenvalue weighted by atomic mass is 19.4. The van der Waals surface area contributed by atoms with Crippen molar-refractivity contribution in [3.63, 3.8) is 0 Å². The van der Waals surface area contributed by atoms with E-state index in [1.165, 1.54) is 12.3 Å². The number of rotatable bonds is 4. The lowest BCUT2D eigenvalue weighted by molar-refractivity contribution is -0.137. The van der Waals surface area contributed by atoms with Gasteiger partial charge in [0.2, 0.25) is 0 Å². The maximum Gasteiger partial charge on any atom is 0.416 e. The summed E-state index contributed by atoms with van der Waals surface area (Å²) in [7, 11) is 0. The van der Waals surface area contributed by atoms with Gasteiger partial charge in [-0.1, -0.05) is 17.3 Å². The lowest BCUT2D eigenvalue weighted by Gasteiger charge is -2.15. The van der Waals surface area contributed by atoms with Crippen molar-refractivity contribution in [3.8, 4) is 0 Å². The summed E-state index contributed by atoms with van der Waals surface area (Å²) in [5.41, 5.74) is -0.0624. The molecule has 1 aromatic carbocycles. The molecule has 1 N–H and O–H groups in total. The molecule has 1 aromatic heterocycles. The van der Waals surface area contributed by atoms with Gasteiger partial charge >= 0.3 is 6.18 Å². The summed E-state index contributed by atoms with van der Waals surface area (Å²) in [6.45, 7) is 2.21. The molecule has 2 rings (SSSR count). The Bertz CT molecular complexity index is 523. The number of hydrogen-bond donors (Lipinski definition) is 1. The summed E-state index contributed by atoms with van der Waals surface area (Å²) in [6.07, 6.45) is -2.80. The van der Waals surface area contributed by atoms with E-state index in [9.17, 15) is 13.2 Å². The minimum absolute atomic E-state index is 0.215. The Morgan fingerprint density at radius 1 is 1.32 bits per heavy atom. The second-order valence-electron chi connectivity index (χ2n) is 4.20. The van der Waals surface area contributed by atoms with E-state index < -0.39 is 11.7 Å². The van der Waals surface area contributed by atoms with Crippen LogP contribution in [0.15, 0.2) is 41.1 Å². The Morgan fingerprint density at radius 3 is 2.74 bits per heavy atom. The minimum atomic E-state index is -4.32. The average molecular weight is 270 g/mol. The molecular formula is C13H13F3N2O. The maximum atomic E-state index is 12.6. The first-order chi connectivity index (χ1) is 8.97. The first kappa shape index (κ1) is 13.6. The van der Waals surface area contributed by atoms with E-state index in [1.54, 1.807) is 19.1 Å². The summed E-state index contributed by atoms with van der Waals surface area (Å²) >= 11 is 0. The molecule has 0 aliphatic heterocycles. The SMILES string of the molecule is CC(NCc1ccno1)c1cccc(C(F)(F)F)c1. The standard InChI is InChI=1S/C13H13F3N2O/c1-9(17-8-12-5-6-18-19-12)10-3-2-4-11(7-10)13(14,15)16/h2-7,9,17H,8H2,1H3. The van der Waals surface area contributed by atoms with Gasteiger partial charge in [-0.2, -0.15) is 13.2 Å². The van der Waals surface area contributed by atoms with Crippen molar-refractivity contribution in [1.29, 1.82) is 0 Å². The average Bonchev–Trinajstić information content (AvgIpc) is 2.88. The van der Waals surface area contributed by atoms with Crippen molar-refractivity contribution in [2.75, 3.05) is 0 Å². The monoisotopic (exact) mass is 270 g/mol. The molecule has 2 aromatic rings. The fourth-order valence-corrected chi connectivity index (χ4v) is 1.69. The lowest BCUT2D eigenvalue weighted by Crippen LogP contribution is -2.18. The number of nitrogens with one attached hydrogen (secondary N) is 1. The van der Waals surface area contributed by atoms with Gasteiger partial charge in [0.05, 0.1) is 18.3 Å². The van der Waals surface area contributed by atoms with Gasteiger partial charge in [0, 0.05) is 12.1 Å². The molecule has 3 nitrogen and oxygen atoms in total. The molecule has 1 atom stereocenters. The largest absolute Gasteiger partial charge is 0.416 e. The Labute approximate surface area is 108 Å². The van der Waals surface area contributed by atoms with Crippen LogP contribution in [0.2, 0.25) is 0 Å². The third-order valence-corrected chi connectivity index (χ3v) is 2.79. The molecule has 0 saturated heterocycles. The van der Waals surface area contributed by atoms with Gasteiger partial charge in [0.25, 0.3) is 0 Å². The van der Waals surface area contributed by atoms with Crippen LogP contribution in [0.4, 0.5) is 13.2 Å². The predicted molar refractivity (Wildman–Crippen MR) is 63.2 cm³/mol. The molecule has 0 radical (unpaired) electrons. The van der Waals surface area contributed by atoms with Crippen LogP contribution in [0.5, 0.6) is 0 Å². The van der Waals surface area contributed by atoms with Crippen LogP contribution in [0.1, 0.15) is 29.9 Å². The Balaban J connectivity index is 2.04. The molecule has 1 unspecified atom stereocenters. The van der Waals surface area contributed by atoms with Gasteiger partial charge < -0.3 is 9.84 Å². The lowest BCUT2D eigenvalue weighted by atomic mass is 10.0. The maximum absolute atomic E-state index is 12.6. The Hall–Kier alpha value is -1.82. The summed E-state index contributed by atoms with van der Waals surface area (Å²) in [6, 6.07) is 6.77. The molecule has 19 heavy (non-hydrogen) atoms. The van der Waals surface area contributed by atoms with Crippen molar-refractivity contribution in [1.82, 2.24) is 10.5 Å². The minimum Gasteiger partial charge on any atom is -0.360 e. The molecule has 0 fully saturated rings. The molecule has 102 valence electrons. The van der Waals surface area contributed by atoms with Crippen LogP contribution in [0, 0.1) is 0 Å². The summed E-state index contributed by atoms with van der Waals surface area (Å²) in [5, 5.41) is 6.63. The van der Waals surface area contributed by atoms with E-state index >= 15 is 0 Å². The van der Waals surface area contributed by atoms with Gasteiger partial charge in [-0.25, -0.2) is 0 Å². The Kier molecular flexibility index (Phi) is 3.90. The van der Waals surface area contributed by atoms with Crippen LogP contribution in [0.25, 0.3) is 0 Å². The normalized spacial score (nSPS) is 13.5. The topological polar surface area (TPSA) is 38.1 Å². The fraction of sp³-hybridized carbons (Fsp3) is 0.308. The van der Waals surface area contributed by atoms with E-state index in [2.05, 4.69) is 10.5 Å².